The quantitative estimate of drug-likeness (QED) is 0.293. The van der Waals surface area contributed by atoms with Crippen LogP contribution < -0.4 is 4.18 Å². The number of ketones is 2. The average molecular weight is 484 g/mol. The molecule has 0 spiro atoms. The van der Waals surface area contributed by atoms with E-state index in [1.54, 1.807) is 19.1 Å². The van der Waals surface area contributed by atoms with Crippen LogP contribution in [0.5, 0.6) is 5.75 Å². The fourth-order valence-corrected chi connectivity index (χ4v) is 4.60. The number of carbonyl (C=O) groups excluding carboxylic acids is 2. The van der Waals surface area contributed by atoms with E-state index in [0.717, 1.165) is 5.56 Å². The van der Waals surface area contributed by atoms with Crippen LogP contribution in [0.3, 0.4) is 0 Å². The molecule has 4 rings (SSSR count). The first-order valence-corrected chi connectivity index (χ1v) is 11.3. The molecule has 166 valence electrons. The molecule has 1 aliphatic rings. The second kappa shape index (κ2) is 8.27. The number of Topliss-reactive ketones (excluding diaryl/α,β-unsaturated/α-hetero) is 2. The third kappa shape index (κ3) is 4.04. The van der Waals surface area contributed by atoms with E-state index in [4.69, 9.17) is 15.8 Å². The van der Waals surface area contributed by atoms with E-state index < -0.39 is 26.6 Å². The smallest absolute Gasteiger partial charge is 0.339 e. The van der Waals surface area contributed by atoms with Crippen molar-refractivity contribution in [1.82, 2.24) is 0 Å². The van der Waals surface area contributed by atoms with Gasteiger partial charge in [0.15, 0.2) is 11.5 Å². The molecule has 0 bridgehead atoms. The summed E-state index contributed by atoms with van der Waals surface area (Å²) in [5, 5.41) is 10.5. The molecule has 0 N–H and O–H groups in total. The molecule has 1 aliphatic carbocycles. The summed E-state index contributed by atoms with van der Waals surface area (Å²) in [6.07, 6.45) is 0. The molecule has 8 nitrogen and oxygen atoms in total. The third-order valence-corrected chi connectivity index (χ3v) is 6.63. The lowest BCUT2D eigenvalue weighted by atomic mass is 9.85. The molecule has 0 saturated heterocycles. The number of carbonyl (C=O) groups is 2. The molecule has 3 aromatic rings. The summed E-state index contributed by atoms with van der Waals surface area (Å²) < 4.78 is 30.8. The van der Waals surface area contributed by atoms with Crippen molar-refractivity contribution in [2.45, 2.75) is 11.8 Å². The van der Waals surface area contributed by atoms with Crippen LogP contribution >= 0.6 is 11.6 Å². The minimum Gasteiger partial charge on any atom is -0.378 e. The number of nitrogens with zero attached hydrogens (tertiary/aromatic N) is 1. The number of nitro benzene ring substituents is 1. The highest BCUT2D eigenvalue weighted by atomic mass is 35.5. The molecule has 0 fully saturated rings. The van der Waals surface area contributed by atoms with Gasteiger partial charge in [-0.25, -0.2) is 0 Å². The van der Waals surface area contributed by atoms with Gasteiger partial charge in [0.2, 0.25) is 5.78 Å². The number of non-ortho nitro benzene ring substituents is 1. The first-order chi connectivity index (χ1) is 15.6. The summed E-state index contributed by atoms with van der Waals surface area (Å²) in [7, 11) is -4.30. The molecule has 0 aromatic heterocycles. The van der Waals surface area contributed by atoms with E-state index in [-0.39, 0.29) is 43.6 Å². The average Bonchev–Trinajstić information content (AvgIpc) is 2.78. The number of fused-ring (bicyclic) bond motifs is 1. The highest BCUT2D eigenvalue weighted by Crippen LogP contribution is 2.39. The predicted molar refractivity (Wildman–Crippen MR) is 120 cm³/mol. The number of allylic oxidation sites excluding steroid dienone is 2. The van der Waals surface area contributed by atoms with Gasteiger partial charge in [-0.05, 0) is 48.9 Å². The van der Waals surface area contributed by atoms with Gasteiger partial charge in [0, 0.05) is 17.7 Å². The Bertz CT molecular complexity index is 1460. The molecule has 0 heterocycles. The SMILES string of the molecule is Cc1ccc(S(=O)(=O)Oc2cccc3c2C(=O)C(c2ccc([N+](=O)[O-])cc2)=C(Cl)C3=O)cc1. The molecular formula is C23H14ClNO7S. The van der Waals surface area contributed by atoms with Crippen molar-refractivity contribution in [2.75, 3.05) is 0 Å². The van der Waals surface area contributed by atoms with Crippen LogP contribution in [0.2, 0.25) is 0 Å². The Hall–Kier alpha value is -3.82. The maximum atomic E-state index is 13.4. The summed E-state index contributed by atoms with van der Waals surface area (Å²) in [5.74, 6) is -1.76. The number of hydrogen-bond acceptors (Lipinski definition) is 7. The fraction of sp³-hybridized carbons (Fsp3) is 0.0435. The standard InChI is InChI=1S/C23H14ClNO7S/c1-13-5-11-16(12-6-13)33(30,31)32-18-4-2-3-17-20(18)23(27)19(21(24)22(17)26)14-7-9-15(10-8-14)25(28)29/h2-12H,1H3. The first kappa shape index (κ1) is 22.4. The Morgan fingerprint density at radius 3 is 2.15 bits per heavy atom. The minimum atomic E-state index is -4.30. The van der Waals surface area contributed by atoms with Crippen LogP contribution in [0.1, 0.15) is 31.8 Å². The normalized spacial score (nSPS) is 13.6. The van der Waals surface area contributed by atoms with Gasteiger partial charge in [0.05, 0.1) is 16.1 Å². The fourth-order valence-electron chi connectivity index (χ4n) is 3.36. The number of halogens is 1. The van der Waals surface area contributed by atoms with E-state index in [2.05, 4.69) is 0 Å². The van der Waals surface area contributed by atoms with Crippen molar-refractivity contribution in [1.29, 1.82) is 0 Å². The lowest BCUT2D eigenvalue weighted by Crippen LogP contribution is -2.21. The van der Waals surface area contributed by atoms with Gasteiger partial charge in [-0.3, -0.25) is 19.7 Å². The van der Waals surface area contributed by atoms with E-state index in [9.17, 15) is 28.1 Å². The molecule has 10 heteroatoms. The van der Waals surface area contributed by atoms with E-state index in [1.807, 2.05) is 0 Å². The Morgan fingerprint density at radius 2 is 1.55 bits per heavy atom. The van der Waals surface area contributed by atoms with Crippen LogP contribution in [-0.2, 0) is 10.1 Å². The molecule has 0 amide bonds. The summed E-state index contributed by atoms with van der Waals surface area (Å²) in [6.45, 7) is 1.80. The monoisotopic (exact) mass is 483 g/mol. The molecule has 0 unspecified atom stereocenters. The largest absolute Gasteiger partial charge is 0.378 e. The number of rotatable bonds is 5. The second-order valence-corrected chi connectivity index (χ2v) is 9.10. The van der Waals surface area contributed by atoms with Gasteiger partial charge < -0.3 is 4.18 Å². The molecular weight excluding hydrogens is 470 g/mol. The van der Waals surface area contributed by atoms with Crippen molar-refractivity contribution in [3.05, 3.63) is 104 Å². The molecule has 0 atom stereocenters. The molecule has 0 radical (unpaired) electrons. The predicted octanol–water partition coefficient (Wildman–Crippen LogP) is 4.70. The lowest BCUT2D eigenvalue weighted by Gasteiger charge is -2.20. The maximum absolute atomic E-state index is 13.4. The topological polar surface area (TPSA) is 121 Å². The zero-order valence-electron chi connectivity index (χ0n) is 16.9. The van der Waals surface area contributed by atoms with Crippen molar-refractivity contribution in [2.24, 2.45) is 0 Å². The zero-order chi connectivity index (χ0) is 23.9. The third-order valence-electron chi connectivity index (χ3n) is 5.02. The lowest BCUT2D eigenvalue weighted by molar-refractivity contribution is -0.384. The molecule has 3 aromatic carbocycles. The summed E-state index contributed by atoms with van der Waals surface area (Å²) in [5.41, 5.74) is 0.250. The van der Waals surface area contributed by atoms with E-state index in [0.29, 0.717) is 0 Å². The molecule has 0 aliphatic heterocycles. The number of aryl methyl sites for hydroxylation is 1. The number of hydrogen-bond donors (Lipinski definition) is 0. The summed E-state index contributed by atoms with van der Waals surface area (Å²) in [4.78, 5) is 36.5. The van der Waals surface area contributed by atoms with Crippen molar-refractivity contribution < 1.29 is 27.1 Å². The summed E-state index contributed by atoms with van der Waals surface area (Å²) in [6, 6.07) is 14.8. The number of nitro groups is 1. The van der Waals surface area contributed by atoms with Gasteiger partial charge in [0.1, 0.15) is 9.93 Å². The van der Waals surface area contributed by atoms with Crippen LogP contribution in [0.15, 0.2) is 76.7 Å². The highest BCUT2D eigenvalue weighted by Gasteiger charge is 2.36. The van der Waals surface area contributed by atoms with Gasteiger partial charge in [-0.1, -0.05) is 35.4 Å². The van der Waals surface area contributed by atoms with Crippen LogP contribution in [0, 0.1) is 17.0 Å². The van der Waals surface area contributed by atoms with Gasteiger partial charge >= 0.3 is 10.1 Å². The summed E-state index contributed by atoms with van der Waals surface area (Å²) >= 11 is 6.21. The van der Waals surface area contributed by atoms with Crippen LogP contribution in [-0.4, -0.2) is 24.9 Å². The minimum absolute atomic E-state index is 0.104. The Morgan fingerprint density at radius 1 is 0.909 bits per heavy atom. The highest BCUT2D eigenvalue weighted by molar-refractivity contribution is 7.87. The van der Waals surface area contributed by atoms with Crippen molar-refractivity contribution in [3.63, 3.8) is 0 Å². The Kier molecular flexibility index (Phi) is 5.61. The van der Waals surface area contributed by atoms with Gasteiger partial charge in [-0.2, -0.15) is 8.42 Å². The van der Waals surface area contributed by atoms with E-state index in [1.165, 1.54) is 54.6 Å². The maximum Gasteiger partial charge on any atom is 0.339 e. The first-order valence-electron chi connectivity index (χ1n) is 9.48. The Balaban J connectivity index is 1.80. The van der Waals surface area contributed by atoms with Crippen molar-refractivity contribution >= 4 is 44.5 Å². The van der Waals surface area contributed by atoms with Crippen molar-refractivity contribution in [3.8, 4) is 5.75 Å². The van der Waals surface area contributed by atoms with Crippen LogP contribution in [0.25, 0.3) is 5.57 Å². The van der Waals surface area contributed by atoms with Crippen LogP contribution in [0.4, 0.5) is 5.69 Å². The molecule has 33 heavy (non-hydrogen) atoms. The van der Waals surface area contributed by atoms with E-state index >= 15 is 0 Å². The zero-order valence-corrected chi connectivity index (χ0v) is 18.5. The van der Waals surface area contributed by atoms with Gasteiger partial charge in [0.25, 0.3) is 5.69 Å². The number of benzene rings is 3. The second-order valence-electron chi connectivity index (χ2n) is 7.18. The Labute approximate surface area is 193 Å². The molecule has 0 saturated carbocycles. The van der Waals surface area contributed by atoms with Gasteiger partial charge in [-0.15, -0.1) is 0 Å².